The Kier molecular flexibility index (Phi) is 3.44. The maximum atomic E-state index is 11.3. The van der Waals surface area contributed by atoms with Crippen LogP contribution >= 0.6 is 11.3 Å². The lowest BCUT2D eigenvalue weighted by atomic mass is 9.93. The van der Waals surface area contributed by atoms with Gasteiger partial charge in [0.15, 0.2) is 0 Å². The molecule has 104 valence electrons. The number of aromatic carboxylic acids is 1. The minimum atomic E-state index is -0.943. The van der Waals surface area contributed by atoms with Gasteiger partial charge >= 0.3 is 5.97 Å². The minimum Gasteiger partial charge on any atom is -0.478 e. The molecule has 3 rings (SSSR count). The van der Waals surface area contributed by atoms with E-state index < -0.39 is 5.97 Å². The first-order valence-corrected chi connectivity index (χ1v) is 7.56. The zero-order valence-electron chi connectivity index (χ0n) is 11.2. The number of thiophene rings is 1. The summed E-state index contributed by atoms with van der Waals surface area (Å²) in [4.78, 5) is 16.8. The highest BCUT2D eigenvalue weighted by atomic mass is 32.1. The standard InChI is InChI=1S/C15H16N2O2S/c1-9-7-13(11(8-16-9)15(18)19)17-12-3-2-4-14-10(12)5-6-20-14/h5-8,12H,2-4H2,1H3,(H,16,17)(H,18,19). The van der Waals surface area contributed by atoms with E-state index in [0.29, 0.717) is 5.69 Å². The normalized spacial score (nSPS) is 17.6. The largest absolute Gasteiger partial charge is 0.478 e. The number of aromatic nitrogens is 1. The molecule has 1 aliphatic rings. The second-order valence-corrected chi connectivity index (χ2v) is 6.07. The van der Waals surface area contributed by atoms with Crippen molar-refractivity contribution in [2.24, 2.45) is 0 Å². The van der Waals surface area contributed by atoms with E-state index in [2.05, 4.69) is 21.7 Å². The molecule has 1 aliphatic carbocycles. The van der Waals surface area contributed by atoms with E-state index in [9.17, 15) is 9.90 Å². The van der Waals surface area contributed by atoms with E-state index >= 15 is 0 Å². The quantitative estimate of drug-likeness (QED) is 0.905. The number of rotatable bonds is 3. The van der Waals surface area contributed by atoms with Gasteiger partial charge in [-0.3, -0.25) is 4.98 Å². The third kappa shape index (κ3) is 2.41. The van der Waals surface area contributed by atoms with Crippen LogP contribution in [0.1, 0.15) is 45.4 Å². The molecule has 2 aromatic heterocycles. The van der Waals surface area contributed by atoms with Crippen molar-refractivity contribution in [2.75, 3.05) is 5.32 Å². The van der Waals surface area contributed by atoms with Crippen LogP contribution in [0.2, 0.25) is 0 Å². The average molecular weight is 288 g/mol. The number of nitrogens with one attached hydrogen (secondary N) is 1. The van der Waals surface area contributed by atoms with Crippen LogP contribution in [0, 0.1) is 6.92 Å². The topological polar surface area (TPSA) is 62.2 Å². The van der Waals surface area contributed by atoms with Crippen molar-refractivity contribution in [3.05, 3.63) is 45.4 Å². The Morgan fingerprint density at radius 3 is 3.20 bits per heavy atom. The predicted octanol–water partition coefficient (Wildman–Crippen LogP) is 3.64. The van der Waals surface area contributed by atoms with Gasteiger partial charge in [-0.25, -0.2) is 4.79 Å². The van der Waals surface area contributed by atoms with Gasteiger partial charge in [0.1, 0.15) is 5.56 Å². The van der Waals surface area contributed by atoms with Crippen molar-refractivity contribution in [3.63, 3.8) is 0 Å². The first-order valence-electron chi connectivity index (χ1n) is 6.68. The molecule has 1 unspecified atom stereocenters. The zero-order valence-corrected chi connectivity index (χ0v) is 12.0. The van der Waals surface area contributed by atoms with Crippen LogP contribution in [-0.4, -0.2) is 16.1 Å². The third-order valence-corrected chi connectivity index (χ3v) is 4.65. The second kappa shape index (κ2) is 5.25. The molecule has 0 amide bonds. The summed E-state index contributed by atoms with van der Waals surface area (Å²) in [7, 11) is 0. The molecule has 0 saturated carbocycles. The molecule has 2 N–H and O–H groups in total. The molecule has 1 atom stereocenters. The van der Waals surface area contributed by atoms with Crippen molar-refractivity contribution >= 4 is 23.0 Å². The maximum absolute atomic E-state index is 11.3. The summed E-state index contributed by atoms with van der Waals surface area (Å²) in [6.45, 7) is 1.87. The Hall–Kier alpha value is -1.88. The van der Waals surface area contributed by atoms with Gasteiger partial charge in [0, 0.05) is 16.8 Å². The molecule has 0 aliphatic heterocycles. The van der Waals surface area contributed by atoms with Crippen molar-refractivity contribution in [1.82, 2.24) is 4.98 Å². The molecule has 0 fully saturated rings. The van der Waals surface area contributed by atoms with Gasteiger partial charge in [-0.05, 0) is 49.3 Å². The van der Waals surface area contributed by atoms with Crippen LogP contribution in [0.25, 0.3) is 0 Å². The lowest BCUT2D eigenvalue weighted by Crippen LogP contribution is -2.17. The summed E-state index contributed by atoms with van der Waals surface area (Å²) in [5.74, 6) is -0.943. The van der Waals surface area contributed by atoms with Gasteiger partial charge in [-0.2, -0.15) is 0 Å². The molecular formula is C15H16N2O2S. The predicted molar refractivity (Wildman–Crippen MR) is 79.6 cm³/mol. The van der Waals surface area contributed by atoms with E-state index in [1.54, 1.807) is 11.3 Å². The van der Waals surface area contributed by atoms with Crippen molar-refractivity contribution < 1.29 is 9.90 Å². The van der Waals surface area contributed by atoms with Gasteiger partial charge in [0.05, 0.1) is 11.7 Å². The van der Waals surface area contributed by atoms with Gasteiger partial charge < -0.3 is 10.4 Å². The van der Waals surface area contributed by atoms with E-state index in [4.69, 9.17) is 0 Å². The highest BCUT2D eigenvalue weighted by Gasteiger charge is 2.22. The monoisotopic (exact) mass is 288 g/mol. The fraction of sp³-hybridized carbons (Fsp3) is 0.333. The van der Waals surface area contributed by atoms with Gasteiger partial charge in [-0.15, -0.1) is 11.3 Å². The number of carbonyl (C=O) groups is 1. The molecule has 4 nitrogen and oxygen atoms in total. The number of fused-ring (bicyclic) bond motifs is 1. The third-order valence-electron chi connectivity index (χ3n) is 3.65. The highest BCUT2D eigenvalue weighted by molar-refractivity contribution is 7.10. The molecule has 20 heavy (non-hydrogen) atoms. The van der Waals surface area contributed by atoms with Crippen LogP contribution in [0.15, 0.2) is 23.7 Å². The Labute approximate surface area is 121 Å². The molecule has 0 spiro atoms. The Morgan fingerprint density at radius 1 is 1.55 bits per heavy atom. The van der Waals surface area contributed by atoms with E-state index in [0.717, 1.165) is 25.0 Å². The Bertz CT molecular complexity index is 651. The number of aryl methyl sites for hydroxylation is 2. The summed E-state index contributed by atoms with van der Waals surface area (Å²) in [5.41, 5.74) is 3.03. The molecule has 0 aromatic carbocycles. The van der Waals surface area contributed by atoms with Crippen molar-refractivity contribution in [1.29, 1.82) is 0 Å². The number of nitrogens with zero attached hydrogens (tertiary/aromatic N) is 1. The van der Waals surface area contributed by atoms with E-state index in [1.807, 2.05) is 13.0 Å². The summed E-state index contributed by atoms with van der Waals surface area (Å²) < 4.78 is 0. The summed E-state index contributed by atoms with van der Waals surface area (Å²) >= 11 is 1.78. The summed E-state index contributed by atoms with van der Waals surface area (Å²) in [6, 6.07) is 4.15. The molecule has 5 heteroatoms. The van der Waals surface area contributed by atoms with Gasteiger partial charge in [-0.1, -0.05) is 0 Å². The fourth-order valence-electron chi connectivity index (χ4n) is 2.67. The van der Waals surface area contributed by atoms with Crippen LogP contribution in [-0.2, 0) is 6.42 Å². The van der Waals surface area contributed by atoms with Gasteiger partial charge in [0.2, 0.25) is 0 Å². The number of carboxylic acid groups (broad SMARTS) is 1. The number of carboxylic acids is 1. The van der Waals surface area contributed by atoms with Crippen molar-refractivity contribution in [2.45, 2.75) is 32.2 Å². The van der Waals surface area contributed by atoms with Crippen LogP contribution in [0.3, 0.4) is 0 Å². The molecule has 2 aromatic rings. The van der Waals surface area contributed by atoms with Crippen LogP contribution < -0.4 is 5.32 Å². The molecule has 2 heterocycles. The lowest BCUT2D eigenvalue weighted by molar-refractivity contribution is 0.0697. The minimum absolute atomic E-state index is 0.199. The molecule has 0 bridgehead atoms. The molecule has 0 saturated heterocycles. The second-order valence-electron chi connectivity index (χ2n) is 5.06. The van der Waals surface area contributed by atoms with E-state index in [-0.39, 0.29) is 11.6 Å². The first-order chi connectivity index (χ1) is 9.65. The zero-order chi connectivity index (χ0) is 14.1. The number of anilines is 1. The van der Waals surface area contributed by atoms with Crippen LogP contribution in [0.4, 0.5) is 5.69 Å². The lowest BCUT2D eigenvalue weighted by Gasteiger charge is -2.25. The first kappa shape index (κ1) is 13.1. The fourth-order valence-corrected chi connectivity index (χ4v) is 3.66. The van der Waals surface area contributed by atoms with Crippen LogP contribution in [0.5, 0.6) is 0 Å². The average Bonchev–Trinajstić information content (AvgIpc) is 2.88. The smallest absolute Gasteiger partial charge is 0.339 e. The van der Waals surface area contributed by atoms with Gasteiger partial charge in [0.25, 0.3) is 0 Å². The molecular weight excluding hydrogens is 272 g/mol. The SMILES string of the molecule is Cc1cc(NC2CCCc3sccc32)c(C(=O)O)cn1. The van der Waals surface area contributed by atoms with Crippen molar-refractivity contribution in [3.8, 4) is 0 Å². The molecule has 0 radical (unpaired) electrons. The maximum Gasteiger partial charge on any atom is 0.339 e. The number of pyridine rings is 1. The Balaban J connectivity index is 1.93. The highest BCUT2D eigenvalue weighted by Crippen LogP contribution is 2.36. The van der Waals surface area contributed by atoms with E-state index in [1.165, 1.54) is 16.6 Å². The Morgan fingerprint density at radius 2 is 2.40 bits per heavy atom. The summed E-state index contributed by atoms with van der Waals surface area (Å²) in [6.07, 6.45) is 4.73. The number of hydrogen-bond acceptors (Lipinski definition) is 4. The summed E-state index contributed by atoms with van der Waals surface area (Å²) in [5, 5.41) is 14.8. The number of hydrogen-bond donors (Lipinski definition) is 2.